The first-order valence-electron chi connectivity index (χ1n) is 3.24. The lowest BCUT2D eigenvalue weighted by Crippen LogP contribution is -2.05. The van der Waals surface area contributed by atoms with Gasteiger partial charge in [0.15, 0.2) is 0 Å². The summed E-state index contributed by atoms with van der Waals surface area (Å²) in [6.45, 7) is 0.647. The maximum Gasteiger partial charge on any atom is 0.499 e. The van der Waals surface area contributed by atoms with E-state index in [0.717, 1.165) is 0 Å². The quantitative estimate of drug-likeness (QED) is 0.625. The maximum absolute atomic E-state index is 11.3. The van der Waals surface area contributed by atoms with Crippen molar-refractivity contribution in [2.45, 2.75) is 0 Å². The molecule has 1 heterocycles. The van der Waals surface area contributed by atoms with E-state index >= 15 is 0 Å². The molecular weight excluding hydrogens is 312 g/mol. The van der Waals surface area contributed by atoms with Gasteiger partial charge < -0.3 is 14.7 Å². The highest BCUT2D eigenvalue weighted by molar-refractivity contribution is 7.78. The summed E-state index contributed by atoms with van der Waals surface area (Å²) in [5.41, 5.74) is 0. The Labute approximate surface area is 88.7 Å². The minimum absolute atomic E-state index is 0.647. The normalized spacial score (nSPS) is 45.5. The molecule has 0 aromatic rings. The fourth-order valence-corrected chi connectivity index (χ4v) is 7.64. The monoisotopic (exact) mass is 318 g/mol. The molecule has 96 valence electrons. The van der Waals surface area contributed by atoms with Crippen molar-refractivity contribution in [3.05, 3.63) is 0 Å². The molecule has 0 aliphatic carbocycles. The van der Waals surface area contributed by atoms with Gasteiger partial charge in [-0.2, -0.15) is 8.62 Å². The van der Waals surface area contributed by atoms with Crippen molar-refractivity contribution >= 4 is 31.1 Å². The molecule has 0 spiro atoms. The molecule has 1 aliphatic rings. The molecule has 16 heavy (non-hydrogen) atoms. The molecule has 3 unspecified atom stereocenters. The summed E-state index contributed by atoms with van der Waals surface area (Å²) < 4.78 is 58.9. The third-order valence-electron chi connectivity index (χ3n) is 0.909. The van der Waals surface area contributed by atoms with Gasteiger partial charge in [-0.3, -0.25) is 4.57 Å². The molecule has 0 saturated carbocycles. The Morgan fingerprint density at radius 3 is 2.00 bits per heavy atom. The standard InChI is InChI=1S/CH6O11P4/c1-13(2)9-15(6,7)12-16(8,10-13)11-14(3,4)5/h1H3,(H,6,7)(H2,3,4,5). The van der Waals surface area contributed by atoms with E-state index in [9.17, 15) is 18.3 Å². The van der Waals surface area contributed by atoms with Gasteiger partial charge in [-0.1, -0.05) is 0 Å². The number of hydrogen-bond acceptors (Lipinski definition) is 8. The molecule has 3 N–H and O–H groups in total. The highest BCUT2D eigenvalue weighted by Gasteiger charge is 2.54. The molecule has 0 radical (unpaired) electrons. The minimum Gasteiger partial charge on any atom is -0.302 e. The average Bonchev–Trinajstić information content (AvgIpc) is 1.66. The predicted molar refractivity (Wildman–Crippen MR) is 47.3 cm³/mol. The lowest BCUT2D eigenvalue weighted by Gasteiger charge is -2.27. The Balaban J connectivity index is 3.07. The molecule has 3 atom stereocenters. The highest BCUT2D eigenvalue weighted by atomic mass is 31.3. The van der Waals surface area contributed by atoms with E-state index < -0.39 is 31.1 Å². The van der Waals surface area contributed by atoms with Gasteiger partial charge in [0, 0.05) is 6.66 Å². The van der Waals surface area contributed by atoms with Gasteiger partial charge >= 0.3 is 31.1 Å². The summed E-state index contributed by atoms with van der Waals surface area (Å²) in [5, 5.41) is 0. The van der Waals surface area contributed by atoms with Gasteiger partial charge in [0.1, 0.15) is 0 Å². The summed E-state index contributed by atoms with van der Waals surface area (Å²) in [6.07, 6.45) is 0. The lowest BCUT2D eigenvalue weighted by molar-refractivity contribution is 0.182. The molecule has 11 nitrogen and oxygen atoms in total. The minimum atomic E-state index is -5.33. The fraction of sp³-hybridized carbons (Fsp3) is 1.00. The molecular formula is CH6O11P4. The summed E-state index contributed by atoms with van der Waals surface area (Å²) in [7, 11) is -19.8. The molecule has 15 heteroatoms. The van der Waals surface area contributed by atoms with Gasteiger partial charge in [0.05, 0.1) is 0 Å². The zero-order chi connectivity index (χ0) is 12.8. The molecule has 1 fully saturated rings. The van der Waals surface area contributed by atoms with Gasteiger partial charge in [0.2, 0.25) is 0 Å². The largest absolute Gasteiger partial charge is 0.499 e. The van der Waals surface area contributed by atoms with Crippen LogP contribution in [-0.4, -0.2) is 21.3 Å². The predicted octanol–water partition coefficient (Wildman–Crippen LogP) is 1.19. The number of phosphoric acid groups is 3. The van der Waals surface area contributed by atoms with E-state index in [-0.39, 0.29) is 0 Å². The smallest absolute Gasteiger partial charge is 0.302 e. The van der Waals surface area contributed by atoms with Crippen LogP contribution >= 0.6 is 31.1 Å². The van der Waals surface area contributed by atoms with Crippen LogP contribution in [0.4, 0.5) is 0 Å². The van der Waals surface area contributed by atoms with Gasteiger partial charge in [-0.05, 0) is 0 Å². The second-order valence-electron chi connectivity index (χ2n) is 2.50. The van der Waals surface area contributed by atoms with Crippen LogP contribution in [0.3, 0.4) is 0 Å². The van der Waals surface area contributed by atoms with Crippen LogP contribution in [0.5, 0.6) is 0 Å². The summed E-state index contributed by atoms with van der Waals surface area (Å²) >= 11 is 0. The average molecular weight is 318 g/mol. The highest BCUT2D eigenvalue weighted by Crippen LogP contribution is 2.82. The first-order chi connectivity index (χ1) is 6.83. The van der Waals surface area contributed by atoms with Crippen LogP contribution in [0.25, 0.3) is 0 Å². The van der Waals surface area contributed by atoms with Crippen molar-refractivity contribution < 1.29 is 50.2 Å². The van der Waals surface area contributed by atoms with Crippen LogP contribution in [0.1, 0.15) is 0 Å². The van der Waals surface area contributed by atoms with Crippen molar-refractivity contribution in [1.82, 2.24) is 0 Å². The lowest BCUT2D eigenvalue weighted by atomic mass is 12.0. The molecule has 1 aliphatic heterocycles. The molecule has 1 rings (SSSR count). The van der Waals surface area contributed by atoms with E-state index in [4.69, 9.17) is 14.7 Å². The zero-order valence-corrected chi connectivity index (χ0v) is 11.0. The molecule has 0 aromatic heterocycles. The summed E-state index contributed by atoms with van der Waals surface area (Å²) in [4.78, 5) is 25.5. The zero-order valence-electron chi connectivity index (χ0n) is 7.40. The Kier molecular flexibility index (Phi) is 3.75. The second-order valence-corrected chi connectivity index (χ2v) is 9.47. The summed E-state index contributed by atoms with van der Waals surface area (Å²) in [6, 6.07) is 0. The maximum atomic E-state index is 11.3. The van der Waals surface area contributed by atoms with Crippen LogP contribution < -0.4 is 0 Å². The number of hydrogen-bond donors (Lipinski definition) is 3. The van der Waals surface area contributed by atoms with E-state index in [1.54, 1.807) is 0 Å². The van der Waals surface area contributed by atoms with Crippen molar-refractivity contribution in [2.24, 2.45) is 0 Å². The van der Waals surface area contributed by atoms with Crippen LogP contribution in [0.2, 0.25) is 0 Å². The van der Waals surface area contributed by atoms with Gasteiger partial charge in [0.25, 0.3) is 0 Å². The van der Waals surface area contributed by atoms with Gasteiger partial charge in [-0.15, -0.1) is 0 Å². The van der Waals surface area contributed by atoms with Crippen molar-refractivity contribution in [3.63, 3.8) is 0 Å². The molecule has 0 aromatic carbocycles. The topological polar surface area (TPSA) is 166 Å². The third kappa shape index (κ3) is 4.49. The van der Waals surface area contributed by atoms with Crippen molar-refractivity contribution in [1.29, 1.82) is 0 Å². The summed E-state index contributed by atoms with van der Waals surface area (Å²) in [5.74, 6) is 0. The van der Waals surface area contributed by atoms with Crippen molar-refractivity contribution in [2.75, 3.05) is 6.66 Å². The van der Waals surface area contributed by atoms with Crippen LogP contribution in [0, 0.1) is 0 Å². The van der Waals surface area contributed by atoms with E-state index in [1.807, 2.05) is 0 Å². The van der Waals surface area contributed by atoms with E-state index in [0.29, 0.717) is 6.66 Å². The molecule has 0 amide bonds. The SMILES string of the molecule is CP1(=O)OP(=O)(O)OP(=O)(OP(=O)(O)O)O1. The fourth-order valence-electron chi connectivity index (χ4n) is 0.700. The van der Waals surface area contributed by atoms with Crippen LogP contribution in [0.15, 0.2) is 0 Å². The first-order valence-corrected chi connectivity index (χ1v) is 9.71. The molecule has 1 saturated heterocycles. The first kappa shape index (κ1) is 14.7. The van der Waals surface area contributed by atoms with E-state index in [2.05, 4.69) is 17.2 Å². The van der Waals surface area contributed by atoms with Crippen LogP contribution in [-0.2, 0) is 35.5 Å². The third-order valence-corrected chi connectivity index (χ3v) is 8.18. The van der Waals surface area contributed by atoms with Crippen molar-refractivity contribution in [3.8, 4) is 0 Å². The Morgan fingerprint density at radius 1 is 1.12 bits per heavy atom. The Bertz CT molecular complexity index is 432. The second kappa shape index (κ2) is 4.09. The Hall–Kier alpha value is 0.640. The Morgan fingerprint density at radius 2 is 1.62 bits per heavy atom. The van der Waals surface area contributed by atoms with Gasteiger partial charge in [-0.25, -0.2) is 22.3 Å². The molecule has 0 bridgehead atoms. The van der Waals surface area contributed by atoms with E-state index in [1.165, 1.54) is 0 Å². The number of rotatable bonds is 2.